The molecule has 0 fully saturated rings. The normalized spacial score (nSPS) is 10.6. The summed E-state index contributed by atoms with van der Waals surface area (Å²) in [6, 6.07) is 10.7. The van der Waals surface area contributed by atoms with Crippen molar-refractivity contribution >= 4 is 22.9 Å². The van der Waals surface area contributed by atoms with Crippen LogP contribution in [0, 0.1) is 0 Å². The fourth-order valence-electron chi connectivity index (χ4n) is 3.35. The zero-order valence-corrected chi connectivity index (χ0v) is 18.6. The van der Waals surface area contributed by atoms with Gasteiger partial charge in [0.05, 0.1) is 33.5 Å². The van der Waals surface area contributed by atoms with E-state index in [1.807, 2.05) is 6.07 Å². The maximum Gasteiger partial charge on any atom is 0.374 e. The number of hydrogen-bond donors (Lipinski definition) is 0. The van der Waals surface area contributed by atoms with Crippen molar-refractivity contribution in [1.29, 1.82) is 0 Å². The lowest BCUT2D eigenvalue weighted by Gasteiger charge is -2.14. The summed E-state index contributed by atoms with van der Waals surface area (Å²) in [6.07, 6.45) is 0.537. The average molecular weight is 442 g/mol. The Hall–Kier alpha value is -3.68. The number of carbonyl (C=O) groups is 2. The van der Waals surface area contributed by atoms with Gasteiger partial charge >= 0.3 is 11.9 Å². The Labute approximate surface area is 186 Å². The number of carbonyl (C=O) groups excluding carboxylic acids is 2. The summed E-state index contributed by atoms with van der Waals surface area (Å²) in [6.45, 7) is 1.83. The minimum atomic E-state index is -0.591. The summed E-state index contributed by atoms with van der Waals surface area (Å²) in [4.78, 5) is 24.7. The highest BCUT2D eigenvalue weighted by Crippen LogP contribution is 2.38. The van der Waals surface area contributed by atoms with E-state index >= 15 is 0 Å². The average Bonchev–Trinajstić information content (AvgIpc) is 3.19. The highest BCUT2D eigenvalue weighted by atomic mass is 16.6. The first-order chi connectivity index (χ1) is 15.5. The maximum atomic E-state index is 12.4. The van der Waals surface area contributed by atoms with Crippen molar-refractivity contribution < 1.29 is 37.7 Å². The highest BCUT2D eigenvalue weighted by Gasteiger charge is 2.23. The molecule has 0 saturated heterocycles. The van der Waals surface area contributed by atoms with E-state index in [1.54, 1.807) is 37.3 Å². The molecule has 0 aliphatic carbocycles. The van der Waals surface area contributed by atoms with Gasteiger partial charge < -0.3 is 28.1 Å². The lowest BCUT2D eigenvalue weighted by molar-refractivity contribution is -0.144. The van der Waals surface area contributed by atoms with E-state index in [1.165, 1.54) is 21.3 Å². The van der Waals surface area contributed by atoms with E-state index in [2.05, 4.69) is 0 Å². The first-order valence-corrected chi connectivity index (χ1v) is 10.1. The molecule has 170 valence electrons. The van der Waals surface area contributed by atoms with Crippen molar-refractivity contribution in [3.63, 3.8) is 0 Å². The number of rotatable bonds is 10. The summed E-state index contributed by atoms with van der Waals surface area (Å²) < 4.78 is 32.2. The van der Waals surface area contributed by atoms with Gasteiger partial charge in [0.15, 0.2) is 11.5 Å². The van der Waals surface area contributed by atoms with Gasteiger partial charge in [0.25, 0.3) is 0 Å². The third kappa shape index (κ3) is 4.96. The molecule has 3 aromatic rings. The standard InChI is InChI=1S/C24H26O8/c1-5-30-24(26)22-17(16-8-6-7-9-18(16)32-22)14-31-21(25)11-10-15-12-19(27-2)23(29-4)20(13-15)28-3/h6-9,12-13H,5,10-11,14H2,1-4H3. The predicted octanol–water partition coefficient (Wildman–Crippen LogP) is 4.31. The van der Waals surface area contributed by atoms with Crippen LogP contribution in [0.4, 0.5) is 0 Å². The fraction of sp³-hybridized carbons (Fsp3) is 0.333. The Morgan fingerprint density at radius 1 is 0.938 bits per heavy atom. The topological polar surface area (TPSA) is 93.4 Å². The van der Waals surface area contributed by atoms with Crippen molar-refractivity contribution in [1.82, 2.24) is 0 Å². The first-order valence-electron chi connectivity index (χ1n) is 10.1. The molecule has 0 saturated carbocycles. The first kappa shape index (κ1) is 23.0. The minimum Gasteiger partial charge on any atom is -0.493 e. The van der Waals surface area contributed by atoms with Crippen LogP contribution in [-0.4, -0.2) is 39.9 Å². The number of furan rings is 1. The van der Waals surface area contributed by atoms with Crippen molar-refractivity contribution in [2.45, 2.75) is 26.4 Å². The number of benzene rings is 2. The Morgan fingerprint density at radius 3 is 2.25 bits per heavy atom. The lowest BCUT2D eigenvalue weighted by atomic mass is 10.1. The Balaban J connectivity index is 1.70. The Bertz CT molecular complexity index is 1070. The van der Waals surface area contributed by atoms with Crippen molar-refractivity contribution in [3.8, 4) is 17.2 Å². The second-order valence-electron chi connectivity index (χ2n) is 6.82. The van der Waals surface area contributed by atoms with E-state index in [4.69, 9.17) is 28.1 Å². The van der Waals surface area contributed by atoms with Crippen LogP contribution in [0.3, 0.4) is 0 Å². The van der Waals surface area contributed by atoms with Gasteiger partial charge in [-0.2, -0.15) is 0 Å². The zero-order valence-electron chi connectivity index (χ0n) is 18.6. The summed E-state index contributed by atoms with van der Waals surface area (Å²) in [5, 5.41) is 0.702. The number of aryl methyl sites for hydroxylation is 1. The minimum absolute atomic E-state index is 0.0467. The second-order valence-corrected chi connectivity index (χ2v) is 6.82. The molecule has 0 atom stereocenters. The molecule has 8 nitrogen and oxygen atoms in total. The molecule has 1 heterocycles. The molecule has 0 aliphatic heterocycles. The van der Waals surface area contributed by atoms with Crippen molar-refractivity contribution in [2.24, 2.45) is 0 Å². The zero-order chi connectivity index (χ0) is 23.1. The highest BCUT2D eigenvalue weighted by molar-refractivity contribution is 5.96. The maximum absolute atomic E-state index is 12.4. The predicted molar refractivity (Wildman–Crippen MR) is 116 cm³/mol. The molecule has 1 aromatic heterocycles. The summed E-state index contributed by atoms with van der Waals surface area (Å²) in [5.74, 6) is 0.550. The molecule has 0 bridgehead atoms. The summed E-state index contributed by atoms with van der Waals surface area (Å²) in [7, 11) is 4.60. The monoisotopic (exact) mass is 442 g/mol. The van der Waals surface area contributed by atoms with Crippen LogP contribution in [0.2, 0.25) is 0 Å². The Kier molecular flexibility index (Phi) is 7.59. The molecule has 0 unspecified atom stereocenters. The van der Waals surface area contributed by atoms with Crippen molar-refractivity contribution in [2.75, 3.05) is 27.9 Å². The molecule has 0 N–H and O–H groups in total. The molecular formula is C24H26O8. The smallest absolute Gasteiger partial charge is 0.374 e. The third-order valence-electron chi connectivity index (χ3n) is 4.88. The second kappa shape index (κ2) is 10.6. The van der Waals surface area contributed by atoms with E-state index < -0.39 is 11.9 Å². The number of fused-ring (bicyclic) bond motifs is 1. The molecule has 0 spiro atoms. The number of para-hydroxylation sites is 1. The molecule has 8 heteroatoms. The van der Waals surface area contributed by atoms with Crippen LogP contribution in [0.5, 0.6) is 17.2 Å². The van der Waals surface area contributed by atoms with Crippen LogP contribution in [-0.2, 0) is 27.3 Å². The van der Waals surface area contributed by atoms with Crippen LogP contribution in [0.25, 0.3) is 11.0 Å². The van der Waals surface area contributed by atoms with Crippen LogP contribution in [0.15, 0.2) is 40.8 Å². The number of esters is 2. The van der Waals surface area contributed by atoms with Crippen molar-refractivity contribution in [3.05, 3.63) is 53.3 Å². The molecule has 32 heavy (non-hydrogen) atoms. The van der Waals surface area contributed by atoms with Gasteiger partial charge in [0.1, 0.15) is 12.2 Å². The number of ether oxygens (including phenoxy) is 5. The third-order valence-corrected chi connectivity index (χ3v) is 4.88. The Morgan fingerprint density at radius 2 is 1.62 bits per heavy atom. The quantitative estimate of drug-likeness (QED) is 0.429. The summed E-state index contributed by atoms with van der Waals surface area (Å²) in [5.41, 5.74) is 1.84. The van der Waals surface area contributed by atoms with Gasteiger partial charge in [0, 0.05) is 11.8 Å². The van der Waals surface area contributed by atoms with E-state index in [9.17, 15) is 9.59 Å². The van der Waals surface area contributed by atoms with Gasteiger partial charge in [0.2, 0.25) is 11.5 Å². The van der Waals surface area contributed by atoms with E-state index in [0.29, 0.717) is 40.2 Å². The van der Waals surface area contributed by atoms with Gasteiger partial charge in [-0.1, -0.05) is 18.2 Å². The molecule has 2 aromatic carbocycles. The number of methoxy groups -OCH3 is 3. The van der Waals surface area contributed by atoms with Gasteiger partial charge in [-0.3, -0.25) is 4.79 Å². The van der Waals surface area contributed by atoms with Crippen LogP contribution in [0.1, 0.15) is 35.0 Å². The molecule has 0 aliphatic rings. The lowest BCUT2D eigenvalue weighted by Crippen LogP contribution is -2.10. The van der Waals surface area contributed by atoms with Gasteiger partial charge in [-0.15, -0.1) is 0 Å². The van der Waals surface area contributed by atoms with E-state index in [-0.39, 0.29) is 25.4 Å². The molecular weight excluding hydrogens is 416 g/mol. The van der Waals surface area contributed by atoms with Gasteiger partial charge in [-0.25, -0.2) is 4.79 Å². The van der Waals surface area contributed by atoms with Gasteiger partial charge in [-0.05, 0) is 37.1 Å². The molecule has 0 radical (unpaired) electrons. The number of hydrogen-bond acceptors (Lipinski definition) is 8. The fourth-order valence-corrected chi connectivity index (χ4v) is 3.35. The molecule has 3 rings (SSSR count). The van der Waals surface area contributed by atoms with E-state index in [0.717, 1.165) is 5.56 Å². The summed E-state index contributed by atoms with van der Waals surface area (Å²) >= 11 is 0. The van der Waals surface area contributed by atoms with Crippen LogP contribution < -0.4 is 14.2 Å². The SMILES string of the molecule is CCOC(=O)c1oc2ccccc2c1COC(=O)CCc1cc(OC)c(OC)c(OC)c1. The largest absolute Gasteiger partial charge is 0.493 e. The molecule has 0 amide bonds. The van der Waals surface area contributed by atoms with Crippen LogP contribution >= 0.6 is 0 Å².